The number of amides is 1. The monoisotopic (exact) mass is 267 g/mol. The summed E-state index contributed by atoms with van der Waals surface area (Å²) in [5.41, 5.74) is 1.23. The van der Waals surface area contributed by atoms with Crippen molar-refractivity contribution in [3.63, 3.8) is 0 Å². The Labute approximate surface area is 112 Å². The number of hydrogen-bond donors (Lipinski definition) is 2. The Morgan fingerprint density at radius 1 is 1.42 bits per heavy atom. The van der Waals surface area contributed by atoms with Crippen LogP contribution in [0.4, 0.5) is 0 Å². The number of aliphatic carboxylic acids is 1. The van der Waals surface area contributed by atoms with Gasteiger partial charge >= 0.3 is 5.97 Å². The molecule has 0 aliphatic rings. The van der Waals surface area contributed by atoms with E-state index in [1.165, 1.54) is 0 Å². The molecule has 1 rings (SSSR count). The largest absolute Gasteiger partial charge is 0.481 e. The van der Waals surface area contributed by atoms with Crippen molar-refractivity contribution in [3.05, 3.63) is 17.5 Å². The molecule has 19 heavy (non-hydrogen) atoms. The van der Waals surface area contributed by atoms with Crippen LogP contribution in [0.15, 0.2) is 6.07 Å². The van der Waals surface area contributed by atoms with E-state index in [9.17, 15) is 9.59 Å². The van der Waals surface area contributed by atoms with E-state index < -0.39 is 5.97 Å². The molecule has 6 heteroatoms. The number of carboxylic acids is 1. The Balaban J connectivity index is 2.62. The van der Waals surface area contributed by atoms with Gasteiger partial charge in [-0.15, -0.1) is 0 Å². The molecular weight excluding hydrogens is 246 g/mol. The first-order chi connectivity index (χ1) is 8.71. The van der Waals surface area contributed by atoms with Gasteiger partial charge in [-0.05, 0) is 12.5 Å². The summed E-state index contributed by atoms with van der Waals surface area (Å²) in [6.07, 6.45) is 0.476. The molecule has 1 amide bonds. The van der Waals surface area contributed by atoms with Gasteiger partial charge < -0.3 is 10.4 Å². The van der Waals surface area contributed by atoms with Gasteiger partial charge in [-0.3, -0.25) is 14.3 Å². The van der Waals surface area contributed by atoms with Crippen LogP contribution in [-0.2, 0) is 17.3 Å². The molecule has 6 nitrogen and oxygen atoms in total. The number of carbonyl (C=O) groups excluding carboxylic acids is 1. The lowest BCUT2D eigenvalue weighted by Gasteiger charge is -2.13. The van der Waals surface area contributed by atoms with Crippen molar-refractivity contribution in [3.8, 4) is 0 Å². The smallest absolute Gasteiger partial charge is 0.303 e. The maximum absolute atomic E-state index is 11.9. The van der Waals surface area contributed by atoms with Crippen LogP contribution in [0.25, 0.3) is 0 Å². The highest BCUT2D eigenvalue weighted by molar-refractivity contribution is 5.92. The molecule has 0 spiro atoms. The average Bonchev–Trinajstić information content (AvgIpc) is 2.66. The lowest BCUT2D eigenvalue weighted by atomic mass is 9.92. The summed E-state index contributed by atoms with van der Waals surface area (Å²) >= 11 is 0. The van der Waals surface area contributed by atoms with E-state index in [-0.39, 0.29) is 17.7 Å². The van der Waals surface area contributed by atoms with E-state index in [0.717, 1.165) is 5.69 Å². The summed E-state index contributed by atoms with van der Waals surface area (Å²) in [5.74, 6) is -1.08. The molecule has 1 aromatic rings. The van der Waals surface area contributed by atoms with Crippen LogP contribution in [0, 0.1) is 0 Å². The first-order valence-corrected chi connectivity index (χ1v) is 6.26. The molecular formula is C13H21N3O3. The zero-order valence-electron chi connectivity index (χ0n) is 11.9. The molecule has 0 aliphatic heterocycles. The summed E-state index contributed by atoms with van der Waals surface area (Å²) in [6.45, 7) is 6.44. The second kappa shape index (κ2) is 5.86. The molecule has 0 saturated carbocycles. The van der Waals surface area contributed by atoms with Gasteiger partial charge in [0.05, 0.1) is 5.69 Å². The predicted molar refractivity (Wildman–Crippen MR) is 71.1 cm³/mol. The van der Waals surface area contributed by atoms with Gasteiger partial charge in [0, 0.05) is 25.4 Å². The Bertz CT molecular complexity index is 472. The van der Waals surface area contributed by atoms with E-state index >= 15 is 0 Å². The number of aromatic nitrogens is 2. The van der Waals surface area contributed by atoms with Crippen molar-refractivity contribution in [2.45, 2.75) is 39.0 Å². The minimum absolute atomic E-state index is 0.0545. The number of rotatable bonds is 5. The number of nitrogens with one attached hydrogen (secondary N) is 1. The second-order valence-corrected chi connectivity index (χ2v) is 5.54. The minimum Gasteiger partial charge on any atom is -0.481 e. The van der Waals surface area contributed by atoms with E-state index in [1.54, 1.807) is 17.8 Å². The van der Waals surface area contributed by atoms with Crippen molar-refractivity contribution >= 4 is 11.9 Å². The quantitative estimate of drug-likeness (QED) is 0.788. The summed E-state index contributed by atoms with van der Waals surface area (Å²) < 4.78 is 1.55. The minimum atomic E-state index is -0.857. The maximum Gasteiger partial charge on any atom is 0.303 e. The van der Waals surface area contributed by atoms with Crippen molar-refractivity contribution in [1.29, 1.82) is 0 Å². The first kappa shape index (κ1) is 15.2. The summed E-state index contributed by atoms with van der Waals surface area (Å²) in [4.78, 5) is 22.3. The van der Waals surface area contributed by atoms with Crippen LogP contribution in [-0.4, -0.2) is 33.3 Å². The van der Waals surface area contributed by atoms with Gasteiger partial charge in [0.25, 0.3) is 5.91 Å². The molecule has 1 heterocycles. The van der Waals surface area contributed by atoms with E-state index in [4.69, 9.17) is 5.11 Å². The van der Waals surface area contributed by atoms with Crippen molar-refractivity contribution in [2.24, 2.45) is 7.05 Å². The maximum atomic E-state index is 11.9. The van der Waals surface area contributed by atoms with Gasteiger partial charge in [-0.25, -0.2) is 0 Å². The van der Waals surface area contributed by atoms with Crippen molar-refractivity contribution in [2.75, 3.05) is 6.54 Å². The molecule has 2 N–H and O–H groups in total. The summed E-state index contributed by atoms with van der Waals surface area (Å²) in [7, 11) is 1.72. The summed E-state index contributed by atoms with van der Waals surface area (Å²) in [5, 5.41) is 15.5. The zero-order valence-corrected chi connectivity index (χ0v) is 11.9. The van der Waals surface area contributed by atoms with Crippen LogP contribution in [0.3, 0.4) is 0 Å². The number of aryl methyl sites for hydroxylation is 1. The molecule has 0 bridgehead atoms. The third kappa shape index (κ3) is 4.39. The third-order valence-corrected chi connectivity index (χ3v) is 2.73. The lowest BCUT2D eigenvalue weighted by Crippen LogP contribution is -2.26. The number of nitrogens with zero attached hydrogens (tertiary/aromatic N) is 2. The van der Waals surface area contributed by atoms with Gasteiger partial charge in [-0.1, -0.05) is 20.8 Å². The van der Waals surface area contributed by atoms with Gasteiger partial charge in [0.15, 0.2) is 0 Å². The molecule has 0 unspecified atom stereocenters. The van der Waals surface area contributed by atoms with E-state index in [1.807, 2.05) is 20.8 Å². The molecule has 106 valence electrons. The number of carboxylic acid groups (broad SMARTS) is 1. The second-order valence-electron chi connectivity index (χ2n) is 5.54. The van der Waals surface area contributed by atoms with E-state index in [2.05, 4.69) is 10.4 Å². The molecule has 0 aliphatic carbocycles. The highest BCUT2D eigenvalue weighted by Gasteiger charge is 2.21. The fourth-order valence-electron chi connectivity index (χ4n) is 1.58. The van der Waals surface area contributed by atoms with Crippen LogP contribution in [0.2, 0.25) is 0 Å². The third-order valence-electron chi connectivity index (χ3n) is 2.73. The Morgan fingerprint density at radius 2 is 2.05 bits per heavy atom. The predicted octanol–water partition coefficient (Wildman–Crippen LogP) is 1.31. The van der Waals surface area contributed by atoms with Crippen LogP contribution < -0.4 is 5.32 Å². The number of hydrogen-bond acceptors (Lipinski definition) is 3. The van der Waals surface area contributed by atoms with Gasteiger partial charge in [-0.2, -0.15) is 5.10 Å². The Morgan fingerprint density at radius 3 is 2.53 bits per heavy atom. The fraction of sp³-hybridized carbons (Fsp3) is 0.615. The van der Waals surface area contributed by atoms with Crippen LogP contribution in [0.1, 0.15) is 49.8 Å². The van der Waals surface area contributed by atoms with Crippen LogP contribution >= 0.6 is 0 Å². The Hall–Kier alpha value is -1.85. The Kier molecular flexibility index (Phi) is 4.69. The SMILES string of the molecule is Cn1nc(C(C)(C)C)cc1C(=O)NCCCC(=O)O. The molecule has 0 fully saturated rings. The zero-order chi connectivity index (χ0) is 14.6. The highest BCUT2D eigenvalue weighted by atomic mass is 16.4. The molecule has 0 saturated heterocycles. The van der Waals surface area contributed by atoms with Gasteiger partial charge in [0.1, 0.15) is 5.69 Å². The topological polar surface area (TPSA) is 84.2 Å². The van der Waals surface area contributed by atoms with Crippen molar-refractivity contribution < 1.29 is 14.7 Å². The normalized spacial score (nSPS) is 11.4. The van der Waals surface area contributed by atoms with Crippen LogP contribution in [0.5, 0.6) is 0 Å². The molecule has 0 atom stereocenters. The standard InChI is InChI=1S/C13H21N3O3/c1-13(2,3)10-8-9(16(4)15-10)12(19)14-7-5-6-11(17)18/h8H,5-7H2,1-4H3,(H,14,19)(H,17,18). The average molecular weight is 267 g/mol. The number of carbonyl (C=O) groups is 2. The first-order valence-electron chi connectivity index (χ1n) is 6.26. The van der Waals surface area contributed by atoms with E-state index in [0.29, 0.717) is 18.7 Å². The lowest BCUT2D eigenvalue weighted by molar-refractivity contribution is -0.137. The fourth-order valence-corrected chi connectivity index (χ4v) is 1.58. The van der Waals surface area contributed by atoms with Gasteiger partial charge in [0.2, 0.25) is 0 Å². The highest BCUT2D eigenvalue weighted by Crippen LogP contribution is 2.21. The summed E-state index contributed by atoms with van der Waals surface area (Å²) in [6, 6.07) is 1.77. The molecule has 0 radical (unpaired) electrons. The molecule has 0 aromatic carbocycles. The molecule has 1 aromatic heterocycles. The van der Waals surface area contributed by atoms with Crippen molar-refractivity contribution in [1.82, 2.24) is 15.1 Å².